The summed E-state index contributed by atoms with van der Waals surface area (Å²) in [7, 11) is 2.10. The lowest BCUT2D eigenvalue weighted by Gasteiger charge is -2.42. The van der Waals surface area contributed by atoms with Crippen LogP contribution in [0.5, 0.6) is 0 Å². The highest BCUT2D eigenvalue weighted by Crippen LogP contribution is 2.20. The fourth-order valence-electron chi connectivity index (χ4n) is 2.54. The van der Waals surface area contributed by atoms with E-state index in [1.54, 1.807) is 0 Å². The number of anilines is 1. The summed E-state index contributed by atoms with van der Waals surface area (Å²) in [6, 6.07) is 8.08. The first-order valence-corrected chi connectivity index (χ1v) is 6.61. The van der Waals surface area contributed by atoms with E-state index < -0.39 is 0 Å². The molecule has 1 aliphatic rings. The molecule has 1 saturated heterocycles. The number of hydrazine groups is 1. The zero-order valence-corrected chi connectivity index (χ0v) is 11.8. The highest BCUT2D eigenvalue weighted by molar-refractivity contribution is 5.99. The molecule has 1 heterocycles. The van der Waals surface area contributed by atoms with Gasteiger partial charge in [0.1, 0.15) is 0 Å². The summed E-state index contributed by atoms with van der Waals surface area (Å²) in [5.74, 6) is 5.51. The number of hydrogen-bond acceptors (Lipinski definition) is 4. The van der Waals surface area contributed by atoms with Crippen molar-refractivity contribution in [2.45, 2.75) is 25.9 Å². The number of nitrogens with one attached hydrogen (secondary N) is 1. The van der Waals surface area contributed by atoms with Crippen molar-refractivity contribution in [3.63, 3.8) is 0 Å². The number of nitrogens with two attached hydrogens (primary N) is 1. The quantitative estimate of drug-likeness (QED) is 0.620. The number of rotatable bonds is 2. The molecule has 1 amide bonds. The molecule has 0 saturated carbocycles. The van der Waals surface area contributed by atoms with E-state index >= 15 is 0 Å². The van der Waals surface area contributed by atoms with Gasteiger partial charge in [-0.15, -0.1) is 0 Å². The lowest BCUT2D eigenvalue weighted by molar-refractivity contribution is 0.0415. The van der Waals surface area contributed by atoms with Gasteiger partial charge in [0, 0.05) is 25.2 Å². The maximum atomic E-state index is 12.6. The standard InChI is InChI=1S/C14H22N4O/c1-10-8-18(9-11(2)17(10)3)14(19)12-6-4-5-7-13(12)16-15/h4-7,10-11,16H,8-9,15H2,1-3H3. The van der Waals surface area contributed by atoms with E-state index in [1.165, 1.54) is 0 Å². The van der Waals surface area contributed by atoms with Crippen molar-refractivity contribution in [1.82, 2.24) is 9.80 Å². The van der Waals surface area contributed by atoms with Crippen LogP contribution in [0, 0.1) is 0 Å². The minimum atomic E-state index is 0.0420. The third-order valence-corrected chi connectivity index (χ3v) is 3.96. The Hall–Kier alpha value is -1.59. The van der Waals surface area contributed by atoms with Crippen molar-refractivity contribution in [2.24, 2.45) is 5.84 Å². The van der Waals surface area contributed by atoms with Gasteiger partial charge in [-0.05, 0) is 33.0 Å². The minimum Gasteiger partial charge on any atom is -0.335 e. The molecule has 1 aromatic rings. The number of carbonyl (C=O) groups excluding carboxylic acids is 1. The van der Waals surface area contributed by atoms with Gasteiger partial charge in [-0.2, -0.15) is 0 Å². The van der Waals surface area contributed by atoms with Crippen LogP contribution in [0.1, 0.15) is 24.2 Å². The number of nitrogens with zero attached hydrogens (tertiary/aromatic N) is 2. The Labute approximate surface area is 114 Å². The molecule has 0 aromatic heterocycles. The van der Waals surface area contributed by atoms with Crippen molar-refractivity contribution in [3.05, 3.63) is 29.8 Å². The van der Waals surface area contributed by atoms with Gasteiger partial charge in [-0.1, -0.05) is 12.1 Å². The van der Waals surface area contributed by atoms with Crippen LogP contribution in [0.2, 0.25) is 0 Å². The van der Waals surface area contributed by atoms with Crippen LogP contribution in [0.25, 0.3) is 0 Å². The van der Waals surface area contributed by atoms with Crippen LogP contribution >= 0.6 is 0 Å². The van der Waals surface area contributed by atoms with Crippen molar-refractivity contribution in [2.75, 3.05) is 25.6 Å². The third-order valence-electron chi connectivity index (χ3n) is 3.96. The largest absolute Gasteiger partial charge is 0.335 e. The molecule has 1 aliphatic heterocycles. The second-order valence-electron chi connectivity index (χ2n) is 5.26. The Morgan fingerprint density at radius 2 is 1.84 bits per heavy atom. The van der Waals surface area contributed by atoms with E-state index in [9.17, 15) is 4.79 Å². The van der Waals surface area contributed by atoms with Crippen molar-refractivity contribution >= 4 is 11.6 Å². The first kappa shape index (κ1) is 13.8. The summed E-state index contributed by atoms with van der Waals surface area (Å²) in [4.78, 5) is 16.8. The second-order valence-corrected chi connectivity index (χ2v) is 5.26. The summed E-state index contributed by atoms with van der Waals surface area (Å²) in [5.41, 5.74) is 3.90. The minimum absolute atomic E-state index is 0.0420. The second kappa shape index (κ2) is 5.59. The van der Waals surface area contributed by atoms with Gasteiger partial charge in [0.05, 0.1) is 11.3 Å². The molecule has 0 spiro atoms. The molecule has 19 heavy (non-hydrogen) atoms. The Morgan fingerprint density at radius 1 is 1.26 bits per heavy atom. The summed E-state index contributed by atoms with van der Waals surface area (Å²) >= 11 is 0. The van der Waals surface area contributed by atoms with E-state index in [4.69, 9.17) is 5.84 Å². The molecule has 0 radical (unpaired) electrons. The molecule has 0 bridgehead atoms. The fourth-order valence-corrected chi connectivity index (χ4v) is 2.54. The average Bonchev–Trinajstić information content (AvgIpc) is 2.43. The monoisotopic (exact) mass is 262 g/mol. The van der Waals surface area contributed by atoms with Crippen LogP contribution in [0.15, 0.2) is 24.3 Å². The number of amides is 1. The number of benzene rings is 1. The number of piperazine rings is 1. The van der Waals surface area contributed by atoms with E-state index in [-0.39, 0.29) is 5.91 Å². The van der Waals surface area contributed by atoms with Crippen molar-refractivity contribution in [1.29, 1.82) is 0 Å². The number of likely N-dealkylation sites (N-methyl/N-ethyl adjacent to an activating group) is 1. The van der Waals surface area contributed by atoms with E-state index in [0.29, 0.717) is 23.3 Å². The predicted octanol–water partition coefficient (Wildman–Crippen LogP) is 1.14. The Morgan fingerprint density at radius 3 is 2.42 bits per heavy atom. The molecule has 2 unspecified atom stereocenters. The molecule has 1 aromatic carbocycles. The summed E-state index contributed by atoms with van der Waals surface area (Å²) < 4.78 is 0. The molecule has 2 rings (SSSR count). The van der Waals surface area contributed by atoms with Crippen LogP contribution in [0.3, 0.4) is 0 Å². The zero-order chi connectivity index (χ0) is 14.0. The summed E-state index contributed by atoms with van der Waals surface area (Å²) in [6.07, 6.45) is 0. The topological polar surface area (TPSA) is 61.6 Å². The van der Waals surface area contributed by atoms with Crippen LogP contribution in [-0.4, -0.2) is 47.9 Å². The third kappa shape index (κ3) is 2.72. The highest BCUT2D eigenvalue weighted by Gasteiger charge is 2.30. The summed E-state index contributed by atoms with van der Waals surface area (Å²) in [6.45, 7) is 5.78. The van der Waals surface area contributed by atoms with Gasteiger partial charge in [-0.25, -0.2) is 0 Å². The van der Waals surface area contributed by atoms with Gasteiger partial charge in [0.15, 0.2) is 0 Å². The lowest BCUT2D eigenvalue weighted by Crippen LogP contribution is -2.56. The van der Waals surface area contributed by atoms with Gasteiger partial charge in [0.25, 0.3) is 5.91 Å². The van der Waals surface area contributed by atoms with Gasteiger partial charge in [0.2, 0.25) is 0 Å². The van der Waals surface area contributed by atoms with Gasteiger partial charge >= 0.3 is 0 Å². The van der Waals surface area contributed by atoms with Gasteiger partial charge in [-0.3, -0.25) is 15.5 Å². The predicted molar refractivity (Wildman–Crippen MR) is 76.8 cm³/mol. The molecule has 1 fully saturated rings. The molecule has 5 nitrogen and oxygen atoms in total. The number of carbonyl (C=O) groups is 1. The first-order chi connectivity index (χ1) is 9.04. The molecule has 5 heteroatoms. The average molecular weight is 262 g/mol. The number of nitrogen functional groups attached to an aromatic ring is 1. The van der Waals surface area contributed by atoms with E-state index in [0.717, 1.165) is 13.1 Å². The van der Waals surface area contributed by atoms with Crippen molar-refractivity contribution < 1.29 is 4.79 Å². The maximum Gasteiger partial charge on any atom is 0.256 e. The number of hydrogen-bond donors (Lipinski definition) is 2. The Balaban J connectivity index is 2.20. The van der Waals surface area contributed by atoms with Crippen molar-refractivity contribution in [3.8, 4) is 0 Å². The van der Waals surface area contributed by atoms with Crippen LogP contribution < -0.4 is 11.3 Å². The Bertz CT molecular complexity index is 451. The molecule has 104 valence electrons. The zero-order valence-electron chi connectivity index (χ0n) is 11.8. The van der Waals surface area contributed by atoms with E-state index in [2.05, 4.69) is 31.2 Å². The van der Waals surface area contributed by atoms with Crippen LogP contribution in [0.4, 0.5) is 5.69 Å². The first-order valence-electron chi connectivity index (χ1n) is 6.61. The normalized spacial score (nSPS) is 24.3. The van der Waals surface area contributed by atoms with Crippen LogP contribution in [-0.2, 0) is 0 Å². The SMILES string of the molecule is CC1CN(C(=O)c2ccccc2NN)CC(C)N1C. The smallest absolute Gasteiger partial charge is 0.256 e. The lowest BCUT2D eigenvalue weighted by atomic mass is 10.1. The molecular formula is C14H22N4O. The summed E-state index contributed by atoms with van der Waals surface area (Å²) in [5, 5.41) is 0. The molecule has 2 atom stereocenters. The highest BCUT2D eigenvalue weighted by atomic mass is 16.2. The maximum absolute atomic E-state index is 12.6. The van der Waals surface area contributed by atoms with E-state index in [1.807, 2.05) is 29.2 Å². The number of para-hydroxylation sites is 1. The molecule has 3 N–H and O–H groups in total. The molecular weight excluding hydrogens is 240 g/mol. The molecule has 0 aliphatic carbocycles. The Kier molecular flexibility index (Phi) is 4.07. The van der Waals surface area contributed by atoms with Gasteiger partial charge < -0.3 is 10.3 Å². The fraction of sp³-hybridized carbons (Fsp3) is 0.500.